The van der Waals surface area contributed by atoms with Gasteiger partial charge in [-0.1, -0.05) is 13.8 Å². The van der Waals surface area contributed by atoms with Crippen LogP contribution in [0.4, 0.5) is 0 Å². The fraction of sp³-hybridized carbons (Fsp3) is 0.643. The molecule has 1 aromatic heterocycles. The molecule has 3 nitrogen and oxygen atoms in total. The van der Waals surface area contributed by atoms with E-state index in [0.29, 0.717) is 5.78 Å². The van der Waals surface area contributed by atoms with Crippen LogP contribution in [0.15, 0.2) is 12.3 Å². The Bertz CT molecular complexity index is 391. The molecule has 3 heteroatoms. The molecule has 0 saturated carbocycles. The second-order valence-corrected chi connectivity index (χ2v) is 4.67. The van der Waals surface area contributed by atoms with Crippen LogP contribution in [0.25, 0.3) is 0 Å². The standard InChI is InChI=1S/C14H22N2O/c1-3-15(4-2)10-11-16-9-8-12-13(16)6-5-7-14(12)17/h8-9H,3-7,10-11H2,1-2H3. The molecule has 94 valence electrons. The van der Waals surface area contributed by atoms with E-state index < -0.39 is 0 Å². The van der Waals surface area contributed by atoms with E-state index in [0.717, 1.165) is 51.0 Å². The molecule has 0 unspecified atom stereocenters. The van der Waals surface area contributed by atoms with Crippen LogP contribution in [0.5, 0.6) is 0 Å². The van der Waals surface area contributed by atoms with Crippen molar-refractivity contribution in [1.29, 1.82) is 0 Å². The number of hydrogen-bond acceptors (Lipinski definition) is 2. The molecule has 1 aliphatic carbocycles. The van der Waals surface area contributed by atoms with Crippen LogP contribution >= 0.6 is 0 Å². The Morgan fingerprint density at radius 2 is 2.06 bits per heavy atom. The molecular weight excluding hydrogens is 212 g/mol. The lowest BCUT2D eigenvalue weighted by molar-refractivity contribution is 0.0971. The molecule has 17 heavy (non-hydrogen) atoms. The molecular formula is C14H22N2O. The first-order chi connectivity index (χ1) is 8.26. The first-order valence-electron chi connectivity index (χ1n) is 6.69. The highest BCUT2D eigenvalue weighted by atomic mass is 16.1. The molecule has 0 saturated heterocycles. The average Bonchev–Trinajstić information content (AvgIpc) is 2.75. The summed E-state index contributed by atoms with van der Waals surface area (Å²) < 4.78 is 2.27. The first kappa shape index (κ1) is 12.4. The predicted molar refractivity (Wildman–Crippen MR) is 69.5 cm³/mol. The van der Waals surface area contributed by atoms with Crippen LogP contribution < -0.4 is 0 Å². The molecule has 0 aliphatic heterocycles. The lowest BCUT2D eigenvalue weighted by Gasteiger charge is -2.20. The summed E-state index contributed by atoms with van der Waals surface area (Å²) in [4.78, 5) is 14.1. The molecule has 0 radical (unpaired) electrons. The van der Waals surface area contributed by atoms with Gasteiger partial charge in [-0.3, -0.25) is 4.79 Å². The van der Waals surface area contributed by atoms with Gasteiger partial charge >= 0.3 is 0 Å². The Kier molecular flexibility index (Phi) is 4.00. The van der Waals surface area contributed by atoms with Crippen molar-refractivity contribution in [2.24, 2.45) is 0 Å². The summed E-state index contributed by atoms with van der Waals surface area (Å²) >= 11 is 0. The molecule has 0 amide bonds. The number of likely N-dealkylation sites (N-methyl/N-ethyl adjacent to an activating group) is 1. The van der Waals surface area contributed by atoms with Crippen molar-refractivity contribution in [3.8, 4) is 0 Å². The lowest BCUT2D eigenvalue weighted by atomic mass is 9.97. The number of aromatic nitrogens is 1. The normalized spacial score (nSPS) is 15.4. The maximum Gasteiger partial charge on any atom is 0.164 e. The predicted octanol–water partition coefficient (Wildman–Crippen LogP) is 2.35. The quantitative estimate of drug-likeness (QED) is 0.781. The zero-order valence-corrected chi connectivity index (χ0v) is 10.9. The van der Waals surface area contributed by atoms with Crippen LogP contribution in [0.1, 0.15) is 42.7 Å². The van der Waals surface area contributed by atoms with E-state index in [1.165, 1.54) is 5.69 Å². The van der Waals surface area contributed by atoms with Crippen molar-refractivity contribution in [1.82, 2.24) is 9.47 Å². The maximum absolute atomic E-state index is 11.7. The van der Waals surface area contributed by atoms with Crippen LogP contribution in [-0.4, -0.2) is 34.9 Å². The topological polar surface area (TPSA) is 25.2 Å². The van der Waals surface area contributed by atoms with Gasteiger partial charge in [-0.25, -0.2) is 0 Å². The fourth-order valence-corrected chi connectivity index (χ4v) is 2.59. The van der Waals surface area contributed by atoms with Gasteiger partial charge < -0.3 is 9.47 Å². The molecule has 0 aromatic carbocycles. The molecule has 0 spiro atoms. The van der Waals surface area contributed by atoms with Crippen LogP contribution in [0, 0.1) is 0 Å². The number of rotatable bonds is 5. The summed E-state index contributed by atoms with van der Waals surface area (Å²) in [5, 5.41) is 0. The lowest BCUT2D eigenvalue weighted by Crippen LogP contribution is -2.27. The summed E-state index contributed by atoms with van der Waals surface area (Å²) in [6, 6.07) is 2.00. The van der Waals surface area contributed by atoms with Gasteiger partial charge in [0.25, 0.3) is 0 Å². The Morgan fingerprint density at radius 1 is 1.29 bits per heavy atom. The van der Waals surface area contributed by atoms with Crippen molar-refractivity contribution >= 4 is 5.78 Å². The van der Waals surface area contributed by atoms with Crippen LogP contribution in [-0.2, 0) is 13.0 Å². The Morgan fingerprint density at radius 3 is 2.76 bits per heavy atom. The fourth-order valence-electron chi connectivity index (χ4n) is 2.59. The number of hydrogen-bond donors (Lipinski definition) is 0. The third-order valence-corrected chi connectivity index (χ3v) is 3.75. The van der Waals surface area contributed by atoms with E-state index in [9.17, 15) is 4.79 Å². The van der Waals surface area contributed by atoms with Gasteiger partial charge in [-0.2, -0.15) is 0 Å². The third kappa shape index (κ3) is 2.60. The molecule has 0 atom stereocenters. The summed E-state index contributed by atoms with van der Waals surface area (Å²) in [6.45, 7) is 8.65. The second kappa shape index (κ2) is 5.50. The first-order valence-corrected chi connectivity index (χ1v) is 6.69. The highest BCUT2D eigenvalue weighted by Crippen LogP contribution is 2.22. The average molecular weight is 234 g/mol. The van der Waals surface area contributed by atoms with E-state index in [4.69, 9.17) is 0 Å². The van der Waals surface area contributed by atoms with Gasteiger partial charge in [0.1, 0.15) is 0 Å². The molecule has 1 heterocycles. The second-order valence-electron chi connectivity index (χ2n) is 4.67. The number of carbonyl (C=O) groups excluding carboxylic acids is 1. The monoisotopic (exact) mass is 234 g/mol. The number of fused-ring (bicyclic) bond motifs is 1. The maximum atomic E-state index is 11.7. The molecule has 1 aliphatic rings. The van der Waals surface area contributed by atoms with E-state index >= 15 is 0 Å². The number of nitrogens with zero attached hydrogens (tertiary/aromatic N) is 2. The minimum Gasteiger partial charge on any atom is -0.349 e. The Balaban J connectivity index is 2.05. The summed E-state index contributed by atoms with van der Waals surface area (Å²) in [7, 11) is 0. The third-order valence-electron chi connectivity index (χ3n) is 3.75. The van der Waals surface area contributed by atoms with Crippen LogP contribution in [0.3, 0.4) is 0 Å². The minimum absolute atomic E-state index is 0.327. The largest absolute Gasteiger partial charge is 0.349 e. The molecule has 1 aromatic rings. The SMILES string of the molecule is CCN(CC)CCn1ccc2c1CCCC2=O. The van der Waals surface area contributed by atoms with E-state index in [-0.39, 0.29) is 0 Å². The van der Waals surface area contributed by atoms with Crippen molar-refractivity contribution in [2.45, 2.75) is 39.7 Å². The van der Waals surface area contributed by atoms with Gasteiger partial charge in [-0.05, 0) is 32.0 Å². The van der Waals surface area contributed by atoms with E-state index in [1.54, 1.807) is 0 Å². The Hall–Kier alpha value is -1.09. The number of Topliss-reactive ketones (excluding diaryl/α,β-unsaturated/α-hetero) is 1. The molecule has 2 rings (SSSR count). The summed E-state index contributed by atoms with van der Waals surface area (Å²) in [6.07, 6.45) is 4.89. The number of carbonyl (C=O) groups is 1. The Labute approximate surface area is 103 Å². The molecule has 0 bridgehead atoms. The van der Waals surface area contributed by atoms with Gasteiger partial charge in [0.2, 0.25) is 0 Å². The number of ketones is 1. The molecule has 0 N–H and O–H groups in total. The highest BCUT2D eigenvalue weighted by Gasteiger charge is 2.20. The smallest absolute Gasteiger partial charge is 0.164 e. The minimum atomic E-state index is 0.327. The van der Waals surface area contributed by atoms with Crippen LogP contribution in [0.2, 0.25) is 0 Å². The van der Waals surface area contributed by atoms with Gasteiger partial charge in [0.05, 0.1) is 0 Å². The van der Waals surface area contributed by atoms with Crippen molar-refractivity contribution in [3.63, 3.8) is 0 Å². The zero-order chi connectivity index (χ0) is 12.3. The van der Waals surface area contributed by atoms with Gasteiger partial charge in [0, 0.05) is 37.0 Å². The van der Waals surface area contributed by atoms with Crippen molar-refractivity contribution in [3.05, 3.63) is 23.5 Å². The molecule has 0 fully saturated rings. The van der Waals surface area contributed by atoms with Crippen molar-refractivity contribution in [2.75, 3.05) is 19.6 Å². The van der Waals surface area contributed by atoms with E-state index in [2.05, 4.69) is 29.5 Å². The van der Waals surface area contributed by atoms with Crippen molar-refractivity contribution < 1.29 is 4.79 Å². The van der Waals surface area contributed by atoms with Gasteiger partial charge in [-0.15, -0.1) is 0 Å². The van der Waals surface area contributed by atoms with E-state index in [1.807, 2.05) is 6.07 Å². The zero-order valence-electron chi connectivity index (χ0n) is 10.9. The summed E-state index contributed by atoms with van der Waals surface area (Å²) in [5.41, 5.74) is 2.23. The highest BCUT2D eigenvalue weighted by molar-refractivity contribution is 5.98. The van der Waals surface area contributed by atoms with Gasteiger partial charge in [0.15, 0.2) is 5.78 Å². The summed E-state index contributed by atoms with van der Waals surface area (Å²) in [5.74, 6) is 0.327.